The molecule has 1 saturated carbocycles. The van der Waals surface area contributed by atoms with Crippen LogP contribution in [0.5, 0.6) is 0 Å². The molecule has 6 heteroatoms. The van der Waals surface area contributed by atoms with Gasteiger partial charge in [-0.3, -0.25) is 10.1 Å². The van der Waals surface area contributed by atoms with Crippen LogP contribution in [0.15, 0.2) is 36.4 Å². The molecule has 3 rings (SSSR count). The Labute approximate surface area is 147 Å². The number of benzene rings is 1. The van der Waals surface area contributed by atoms with Crippen LogP contribution in [0.1, 0.15) is 50.8 Å². The third-order valence-electron chi connectivity index (χ3n) is 4.17. The molecule has 1 aromatic carbocycles. The van der Waals surface area contributed by atoms with Gasteiger partial charge in [0.25, 0.3) is 0 Å². The van der Waals surface area contributed by atoms with Crippen LogP contribution in [0, 0.1) is 0 Å². The number of carbonyl (C=O) groups is 2. The first-order chi connectivity index (χ1) is 11.8. The number of nitrogens with zero attached hydrogens (tertiary/aromatic N) is 2. The van der Waals surface area contributed by atoms with E-state index in [-0.39, 0.29) is 23.8 Å². The standard InChI is InChI=1S/C19H23N3O3/c1-19(2,3)22-17(11-16(21-22)14-9-15(23)10-14)20-18(24)25-12-13-7-5-4-6-8-13/h4-8,11,14H,9-10,12H2,1-3H3,(H,20,24). The third-order valence-corrected chi connectivity index (χ3v) is 4.17. The number of amides is 1. The Bertz CT molecular complexity index is 767. The fourth-order valence-corrected chi connectivity index (χ4v) is 2.76. The summed E-state index contributed by atoms with van der Waals surface area (Å²) in [5.41, 5.74) is 1.47. The van der Waals surface area contributed by atoms with Crippen molar-refractivity contribution in [1.29, 1.82) is 0 Å². The van der Waals surface area contributed by atoms with Crippen molar-refractivity contribution in [2.24, 2.45) is 0 Å². The highest BCUT2D eigenvalue weighted by Gasteiger charge is 2.32. The minimum atomic E-state index is -0.523. The molecule has 1 fully saturated rings. The second-order valence-electron chi connectivity index (χ2n) is 7.37. The van der Waals surface area contributed by atoms with Gasteiger partial charge in [-0.2, -0.15) is 5.10 Å². The molecule has 132 valence electrons. The zero-order valence-electron chi connectivity index (χ0n) is 14.8. The summed E-state index contributed by atoms with van der Waals surface area (Å²) in [6, 6.07) is 11.4. The van der Waals surface area contributed by atoms with Crippen LogP contribution in [0.4, 0.5) is 10.6 Å². The van der Waals surface area contributed by atoms with Crippen molar-refractivity contribution in [3.63, 3.8) is 0 Å². The van der Waals surface area contributed by atoms with Gasteiger partial charge in [-0.25, -0.2) is 9.48 Å². The number of ether oxygens (including phenoxy) is 1. The molecule has 6 nitrogen and oxygen atoms in total. The highest BCUT2D eigenvalue weighted by Crippen LogP contribution is 2.35. The number of rotatable bonds is 4. The van der Waals surface area contributed by atoms with E-state index in [1.54, 1.807) is 4.68 Å². The van der Waals surface area contributed by atoms with Gasteiger partial charge in [-0.1, -0.05) is 30.3 Å². The molecule has 1 aliphatic rings. The number of anilines is 1. The van der Waals surface area contributed by atoms with Gasteiger partial charge in [-0.05, 0) is 26.3 Å². The Morgan fingerprint density at radius 3 is 2.56 bits per heavy atom. The lowest BCUT2D eigenvalue weighted by molar-refractivity contribution is -0.124. The number of carbonyl (C=O) groups excluding carboxylic acids is 2. The molecule has 0 spiro atoms. The van der Waals surface area contributed by atoms with Crippen molar-refractivity contribution < 1.29 is 14.3 Å². The Morgan fingerprint density at radius 2 is 1.96 bits per heavy atom. The largest absolute Gasteiger partial charge is 0.444 e. The normalized spacial score (nSPS) is 14.9. The first kappa shape index (κ1) is 17.2. The molecule has 1 aromatic heterocycles. The highest BCUT2D eigenvalue weighted by molar-refractivity contribution is 5.87. The zero-order chi connectivity index (χ0) is 18.0. The van der Waals surface area contributed by atoms with E-state index in [9.17, 15) is 9.59 Å². The average Bonchev–Trinajstić information content (AvgIpc) is 2.94. The van der Waals surface area contributed by atoms with Gasteiger partial charge in [-0.15, -0.1) is 0 Å². The summed E-state index contributed by atoms with van der Waals surface area (Å²) in [5, 5.41) is 7.38. The quantitative estimate of drug-likeness (QED) is 0.917. The molecule has 0 bridgehead atoms. The molecule has 0 saturated heterocycles. The second kappa shape index (κ2) is 6.70. The van der Waals surface area contributed by atoms with Gasteiger partial charge >= 0.3 is 6.09 Å². The summed E-state index contributed by atoms with van der Waals surface area (Å²) >= 11 is 0. The van der Waals surface area contributed by atoms with Crippen molar-refractivity contribution in [2.45, 2.75) is 51.7 Å². The Kier molecular flexibility index (Phi) is 4.61. The number of ketones is 1. The predicted molar refractivity (Wildman–Crippen MR) is 94.5 cm³/mol. The monoisotopic (exact) mass is 341 g/mol. The number of Topliss-reactive ketones (excluding diaryl/α,β-unsaturated/α-hetero) is 1. The lowest BCUT2D eigenvalue weighted by Gasteiger charge is -2.23. The average molecular weight is 341 g/mol. The number of nitrogens with one attached hydrogen (secondary N) is 1. The van der Waals surface area contributed by atoms with E-state index in [0.717, 1.165) is 11.3 Å². The Hall–Kier alpha value is -2.63. The summed E-state index contributed by atoms with van der Waals surface area (Å²) in [5.74, 6) is 0.990. The molecule has 0 atom stereocenters. The smallest absolute Gasteiger partial charge is 0.413 e. The van der Waals surface area contributed by atoms with Crippen molar-refractivity contribution in [3.05, 3.63) is 47.7 Å². The maximum Gasteiger partial charge on any atom is 0.413 e. The van der Waals surface area contributed by atoms with Crippen molar-refractivity contribution >= 4 is 17.7 Å². The summed E-state index contributed by atoms with van der Waals surface area (Å²) in [6.07, 6.45) is 0.531. The molecule has 2 aromatic rings. The fraction of sp³-hybridized carbons (Fsp3) is 0.421. The van der Waals surface area contributed by atoms with Gasteiger partial charge < -0.3 is 4.74 Å². The molecular formula is C19H23N3O3. The molecule has 0 unspecified atom stereocenters. The van der Waals surface area contributed by atoms with E-state index in [4.69, 9.17) is 4.74 Å². The molecule has 1 heterocycles. The molecule has 0 aliphatic heterocycles. The van der Waals surface area contributed by atoms with Crippen LogP contribution in [-0.2, 0) is 21.7 Å². The van der Waals surface area contributed by atoms with E-state index >= 15 is 0 Å². The SMILES string of the molecule is CC(C)(C)n1nc(C2CC(=O)C2)cc1NC(=O)OCc1ccccc1. The Morgan fingerprint density at radius 1 is 1.28 bits per heavy atom. The second-order valence-corrected chi connectivity index (χ2v) is 7.37. The van der Waals surface area contributed by atoms with Crippen LogP contribution in [0.25, 0.3) is 0 Å². The number of aromatic nitrogens is 2. The predicted octanol–water partition coefficient (Wildman–Crippen LogP) is 3.83. The minimum Gasteiger partial charge on any atom is -0.444 e. The maximum absolute atomic E-state index is 12.2. The van der Waals surface area contributed by atoms with Gasteiger partial charge in [0.05, 0.1) is 11.2 Å². The van der Waals surface area contributed by atoms with E-state index in [1.165, 1.54) is 0 Å². The number of hydrogen-bond acceptors (Lipinski definition) is 4. The van der Waals surface area contributed by atoms with E-state index in [1.807, 2.05) is 57.2 Å². The Balaban J connectivity index is 1.69. The molecule has 25 heavy (non-hydrogen) atoms. The molecule has 1 aliphatic carbocycles. The van der Waals surface area contributed by atoms with Crippen LogP contribution in [-0.4, -0.2) is 21.7 Å². The van der Waals surface area contributed by atoms with Gasteiger partial charge in [0.2, 0.25) is 0 Å². The molecular weight excluding hydrogens is 318 g/mol. The van der Waals surface area contributed by atoms with Gasteiger partial charge in [0.1, 0.15) is 18.2 Å². The van der Waals surface area contributed by atoms with Gasteiger partial charge in [0, 0.05) is 24.8 Å². The van der Waals surface area contributed by atoms with Crippen molar-refractivity contribution in [2.75, 3.05) is 5.32 Å². The minimum absolute atomic E-state index is 0.150. The van der Waals surface area contributed by atoms with E-state index < -0.39 is 6.09 Å². The molecule has 1 N–H and O–H groups in total. The lowest BCUT2D eigenvalue weighted by atomic mass is 9.82. The fourth-order valence-electron chi connectivity index (χ4n) is 2.76. The third kappa shape index (κ3) is 4.07. The lowest BCUT2D eigenvalue weighted by Crippen LogP contribution is -2.27. The van der Waals surface area contributed by atoms with Crippen molar-refractivity contribution in [1.82, 2.24) is 9.78 Å². The van der Waals surface area contributed by atoms with E-state index in [2.05, 4.69) is 10.4 Å². The van der Waals surface area contributed by atoms with Crippen LogP contribution in [0.3, 0.4) is 0 Å². The first-order valence-electron chi connectivity index (χ1n) is 8.43. The zero-order valence-corrected chi connectivity index (χ0v) is 14.8. The van der Waals surface area contributed by atoms with E-state index in [0.29, 0.717) is 18.7 Å². The van der Waals surface area contributed by atoms with Crippen LogP contribution >= 0.6 is 0 Å². The topological polar surface area (TPSA) is 73.2 Å². The van der Waals surface area contributed by atoms with Crippen LogP contribution in [0.2, 0.25) is 0 Å². The first-order valence-corrected chi connectivity index (χ1v) is 8.43. The molecule has 1 amide bonds. The summed E-state index contributed by atoms with van der Waals surface area (Å²) < 4.78 is 7.05. The summed E-state index contributed by atoms with van der Waals surface area (Å²) in [4.78, 5) is 23.4. The summed E-state index contributed by atoms with van der Waals surface area (Å²) in [6.45, 7) is 6.24. The van der Waals surface area contributed by atoms with Crippen molar-refractivity contribution in [3.8, 4) is 0 Å². The highest BCUT2D eigenvalue weighted by atomic mass is 16.5. The molecule has 0 radical (unpaired) electrons. The van der Waals surface area contributed by atoms with Gasteiger partial charge in [0.15, 0.2) is 0 Å². The van der Waals surface area contributed by atoms with Crippen LogP contribution < -0.4 is 5.32 Å². The maximum atomic E-state index is 12.2. The number of hydrogen-bond donors (Lipinski definition) is 1. The summed E-state index contributed by atoms with van der Waals surface area (Å²) in [7, 11) is 0.